The number of carboxylic acids is 2. The molecule has 0 radical (unpaired) electrons. The van der Waals surface area contributed by atoms with Gasteiger partial charge in [0.15, 0.2) is 0 Å². The molecule has 0 bridgehead atoms. The first kappa shape index (κ1) is 29.3. The number of unbranched alkanes of at least 4 members (excludes halogenated alkanes) is 4. The smallest absolute Gasteiger partial charge is 0.304 e. The average molecular weight is 495 g/mol. The molecule has 0 saturated carbocycles. The Bertz CT molecular complexity index is 878. The van der Waals surface area contributed by atoms with E-state index in [1.165, 1.54) is 0 Å². The third-order valence-electron chi connectivity index (χ3n) is 7.39. The minimum absolute atomic E-state index is 0.103. The van der Waals surface area contributed by atoms with E-state index < -0.39 is 22.8 Å². The Morgan fingerprint density at radius 2 is 0.944 bits per heavy atom. The molecule has 2 rings (SSSR count). The molecule has 196 valence electrons. The Balaban J connectivity index is 1.67. The third-order valence-corrected chi connectivity index (χ3v) is 7.39. The molecule has 2 aromatic rings. The SMILES string of the molecule is CC(CCCCCC(=O)CCCCCC(C)(CC(=O)O)c1ccccc1)(CC(=O)O)c1ccccc1. The Hall–Kier alpha value is -2.95. The zero-order valence-corrected chi connectivity index (χ0v) is 21.9. The van der Waals surface area contributed by atoms with Crippen LogP contribution in [0.2, 0.25) is 0 Å². The molecule has 0 aliphatic rings. The van der Waals surface area contributed by atoms with E-state index in [0.29, 0.717) is 12.8 Å². The highest BCUT2D eigenvalue weighted by Gasteiger charge is 2.30. The van der Waals surface area contributed by atoms with Crippen molar-refractivity contribution in [3.63, 3.8) is 0 Å². The van der Waals surface area contributed by atoms with Crippen LogP contribution in [-0.2, 0) is 25.2 Å². The fourth-order valence-corrected chi connectivity index (χ4v) is 5.17. The van der Waals surface area contributed by atoms with Crippen LogP contribution in [0.1, 0.15) is 102 Å². The van der Waals surface area contributed by atoms with Gasteiger partial charge in [-0.15, -0.1) is 0 Å². The molecule has 2 N–H and O–H groups in total. The van der Waals surface area contributed by atoms with E-state index in [-0.39, 0.29) is 18.6 Å². The molecule has 0 aliphatic heterocycles. The molecule has 0 saturated heterocycles. The summed E-state index contributed by atoms with van der Waals surface area (Å²) in [5.74, 6) is -1.30. The van der Waals surface area contributed by atoms with Gasteiger partial charge in [0.25, 0.3) is 0 Å². The molecule has 2 unspecified atom stereocenters. The van der Waals surface area contributed by atoms with E-state index in [9.17, 15) is 24.6 Å². The quantitative estimate of drug-likeness (QED) is 0.212. The summed E-state index contributed by atoms with van der Waals surface area (Å²) in [7, 11) is 0. The van der Waals surface area contributed by atoms with Crippen LogP contribution in [-0.4, -0.2) is 27.9 Å². The molecule has 2 aromatic carbocycles. The number of carbonyl (C=O) groups excluding carboxylic acids is 1. The van der Waals surface area contributed by atoms with Gasteiger partial charge in [0.2, 0.25) is 0 Å². The molecule has 0 aliphatic carbocycles. The molecule has 0 aromatic heterocycles. The van der Waals surface area contributed by atoms with Crippen molar-refractivity contribution in [2.24, 2.45) is 0 Å². The van der Waals surface area contributed by atoms with Gasteiger partial charge >= 0.3 is 11.9 Å². The zero-order valence-electron chi connectivity index (χ0n) is 21.9. The minimum Gasteiger partial charge on any atom is -0.481 e. The van der Waals surface area contributed by atoms with E-state index in [4.69, 9.17) is 0 Å². The predicted octanol–water partition coefficient (Wildman–Crippen LogP) is 7.32. The maximum absolute atomic E-state index is 12.3. The lowest BCUT2D eigenvalue weighted by Gasteiger charge is -2.28. The summed E-state index contributed by atoms with van der Waals surface area (Å²) in [6.45, 7) is 4.03. The Morgan fingerprint density at radius 1 is 0.583 bits per heavy atom. The van der Waals surface area contributed by atoms with E-state index in [2.05, 4.69) is 0 Å². The fourth-order valence-electron chi connectivity index (χ4n) is 5.17. The Kier molecular flexibility index (Phi) is 11.9. The molecule has 36 heavy (non-hydrogen) atoms. The van der Waals surface area contributed by atoms with E-state index in [1.54, 1.807) is 0 Å². The van der Waals surface area contributed by atoms with Crippen LogP contribution in [0.25, 0.3) is 0 Å². The van der Waals surface area contributed by atoms with Crippen LogP contribution in [0.15, 0.2) is 60.7 Å². The summed E-state index contributed by atoms with van der Waals surface area (Å²) in [4.78, 5) is 35.2. The van der Waals surface area contributed by atoms with Crippen molar-refractivity contribution in [2.45, 2.75) is 102 Å². The molecule has 0 fully saturated rings. The van der Waals surface area contributed by atoms with Crippen molar-refractivity contribution < 1.29 is 24.6 Å². The lowest BCUT2D eigenvalue weighted by atomic mass is 9.75. The van der Waals surface area contributed by atoms with E-state index in [0.717, 1.165) is 62.5 Å². The first-order valence-electron chi connectivity index (χ1n) is 13.2. The number of carbonyl (C=O) groups is 3. The summed E-state index contributed by atoms with van der Waals surface area (Å²) in [6.07, 6.45) is 8.21. The van der Waals surface area contributed by atoms with Crippen molar-refractivity contribution in [1.82, 2.24) is 0 Å². The zero-order chi connectivity index (χ0) is 26.4. The number of hydrogen-bond acceptors (Lipinski definition) is 3. The summed E-state index contributed by atoms with van der Waals surface area (Å²) in [5, 5.41) is 18.8. The normalized spacial score (nSPS) is 14.5. The molecule has 0 spiro atoms. The number of hydrogen-bond donors (Lipinski definition) is 2. The van der Waals surface area contributed by atoms with Crippen LogP contribution in [0.4, 0.5) is 0 Å². The summed E-state index contributed by atoms with van der Waals surface area (Å²) < 4.78 is 0. The monoisotopic (exact) mass is 494 g/mol. The average Bonchev–Trinajstić information content (AvgIpc) is 2.84. The van der Waals surface area contributed by atoms with Gasteiger partial charge in [-0.2, -0.15) is 0 Å². The second-order valence-corrected chi connectivity index (χ2v) is 10.7. The lowest BCUT2D eigenvalue weighted by Crippen LogP contribution is -2.25. The van der Waals surface area contributed by atoms with Crippen molar-refractivity contribution in [3.05, 3.63) is 71.8 Å². The van der Waals surface area contributed by atoms with Crippen LogP contribution in [0.3, 0.4) is 0 Å². The van der Waals surface area contributed by atoms with Gasteiger partial charge in [-0.05, 0) is 36.8 Å². The molecule has 2 atom stereocenters. The van der Waals surface area contributed by atoms with Crippen molar-refractivity contribution >= 4 is 17.7 Å². The number of Topliss-reactive ketones (excluding diaryl/α,β-unsaturated/α-hetero) is 1. The lowest BCUT2D eigenvalue weighted by molar-refractivity contribution is -0.139. The summed E-state index contributed by atoms with van der Waals surface area (Å²) in [6, 6.07) is 19.7. The molecular formula is C31H42O5. The minimum atomic E-state index is -0.788. The number of ketones is 1. The molecule has 0 amide bonds. The number of carboxylic acid groups (broad SMARTS) is 2. The van der Waals surface area contributed by atoms with Gasteiger partial charge in [-0.25, -0.2) is 0 Å². The second-order valence-electron chi connectivity index (χ2n) is 10.7. The van der Waals surface area contributed by atoms with Gasteiger partial charge < -0.3 is 10.2 Å². The van der Waals surface area contributed by atoms with E-state index in [1.807, 2.05) is 74.5 Å². The molecule has 5 heteroatoms. The highest BCUT2D eigenvalue weighted by Crippen LogP contribution is 2.34. The number of benzene rings is 2. The van der Waals surface area contributed by atoms with Crippen LogP contribution in [0.5, 0.6) is 0 Å². The predicted molar refractivity (Wildman–Crippen MR) is 143 cm³/mol. The molecular weight excluding hydrogens is 452 g/mol. The van der Waals surface area contributed by atoms with Crippen molar-refractivity contribution in [2.75, 3.05) is 0 Å². The van der Waals surface area contributed by atoms with Crippen LogP contribution in [0, 0.1) is 0 Å². The Morgan fingerprint density at radius 3 is 1.28 bits per heavy atom. The third kappa shape index (κ3) is 9.96. The maximum Gasteiger partial charge on any atom is 0.304 e. The van der Waals surface area contributed by atoms with Gasteiger partial charge in [-0.3, -0.25) is 14.4 Å². The topological polar surface area (TPSA) is 91.7 Å². The van der Waals surface area contributed by atoms with Gasteiger partial charge in [-0.1, -0.05) is 100 Å². The summed E-state index contributed by atoms with van der Waals surface area (Å²) in [5.41, 5.74) is 1.31. The van der Waals surface area contributed by atoms with Crippen LogP contribution >= 0.6 is 0 Å². The van der Waals surface area contributed by atoms with Gasteiger partial charge in [0, 0.05) is 23.7 Å². The first-order chi connectivity index (χ1) is 17.1. The Labute approximate surface area is 215 Å². The maximum atomic E-state index is 12.3. The second kappa shape index (κ2) is 14.6. The standard InChI is InChI=1S/C31H42O5/c1-30(23-28(33)34,25-15-7-3-8-16-25)21-13-5-11-19-27(32)20-12-6-14-22-31(2,24-29(35)36)26-17-9-4-10-18-26/h3-4,7-10,15-18H,5-6,11-14,19-24H2,1-2H3,(H,33,34)(H,35,36). The van der Waals surface area contributed by atoms with Crippen LogP contribution < -0.4 is 0 Å². The largest absolute Gasteiger partial charge is 0.481 e. The molecule has 0 heterocycles. The number of aliphatic carboxylic acids is 2. The summed E-state index contributed by atoms with van der Waals surface area (Å²) >= 11 is 0. The first-order valence-corrected chi connectivity index (χ1v) is 13.2. The van der Waals surface area contributed by atoms with Crippen molar-refractivity contribution in [3.8, 4) is 0 Å². The highest BCUT2D eigenvalue weighted by molar-refractivity contribution is 5.78. The number of rotatable bonds is 18. The fraction of sp³-hybridized carbons (Fsp3) is 0.516. The van der Waals surface area contributed by atoms with Crippen molar-refractivity contribution in [1.29, 1.82) is 0 Å². The van der Waals surface area contributed by atoms with E-state index >= 15 is 0 Å². The van der Waals surface area contributed by atoms with Gasteiger partial charge in [0.1, 0.15) is 5.78 Å². The molecule has 5 nitrogen and oxygen atoms in total. The van der Waals surface area contributed by atoms with Gasteiger partial charge in [0.05, 0.1) is 12.8 Å². The highest BCUT2D eigenvalue weighted by atomic mass is 16.4.